The second-order valence-corrected chi connectivity index (χ2v) is 5.19. The van der Waals surface area contributed by atoms with Gasteiger partial charge in [0.05, 0.1) is 14.2 Å². The maximum Gasteiger partial charge on any atom is 0.348 e. The molecule has 1 aromatic carbocycles. The lowest BCUT2D eigenvalue weighted by molar-refractivity contribution is 0.259. The second kappa shape index (κ2) is 6.51. The Hall–Kier alpha value is -1.89. The molecule has 1 aliphatic heterocycles. The molecule has 0 unspecified atom stereocenters. The number of benzene rings is 1. The number of nitrogens with one attached hydrogen (secondary N) is 1. The minimum Gasteiger partial charge on any atom is -0.494 e. The molecule has 2 amide bonds. The monoisotopic (exact) mass is 295 g/mol. The Labute approximate surface area is 122 Å². The molecule has 1 fully saturated rings. The van der Waals surface area contributed by atoms with E-state index in [1.807, 2.05) is 11.9 Å². The molecule has 7 heteroatoms. The summed E-state index contributed by atoms with van der Waals surface area (Å²) in [5.41, 5.74) is 0.484. The zero-order valence-electron chi connectivity index (χ0n) is 11.7. The Bertz CT molecular complexity index is 511. The summed E-state index contributed by atoms with van der Waals surface area (Å²) in [6.45, 7) is 0.898. The van der Waals surface area contributed by atoms with Crippen molar-refractivity contribution >= 4 is 28.6 Å². The molecular formula is C13H17N3O3S. The van der Waals surface area contributed by atoms with Gasteiger partial charge in [-0.05, 0) is 12.1 Å². The first-order valence-electron chi connectivity index (χ1n) is 6.10. The number of anilines is 1. The molecule has 0 bridgehead atoms. The topological polar surface area (TPSA) is 63.2 Å². The zero-order valence-corrected chi connectivity index (χ0v) is 12.5. The highest BCUT2D eigenvalue weighted by molar-refractivity contribution is 8.14. The van der Waals surface area contributed by atoms with E-state index in [1.54, 1.807) is 30.0 Å². The maximum absolute atomic E-state index is 12.0. The van der Waals surface area contributed by atoms with E-state index in [0.29, 0.717) is 17.2 Å². The van der Waals surface area contributed by atoms with Gasteiger partial charge in [-0.1, -0.05) is 17.8 Å². The van der Waals surface area contributed by atoms with Crippen molar-refractivity contribution in [3.8, 4) is 11.5 Å². The number of nitrogens with zero attached hydrogens (tertiary/aromatic N) is 2. The van der Waals surface area contributed by atoms with Crippen molar-refractivity contribution in [2.75, 3.05) is 38.9 Å². The minimum atomic E-state index is -0.441. The number of aliphatic imine (C=N–C) groups is 1. The smallest absolute Gasteiger partial charge is 0.348 e. The molecule has 2 rings (SSSR count). The standard InChI is InChI=1S/C13H17N3O3S/c1-16-7-8-20-13(16)15-12(17)14-11-9(18-2)5-4-6-10(11)19-3/h4-6H,7-8H2,1-3H3,(H,14,17)/b15-13+. The molecule has 108 valence electrons. The molecule has 0 radical (unpaired) electrons. The first kappa shape index (κ1) is 14.5. The SMILES string of the molecule is COc1cccc(OC)c1NC(=O)/N=C1/SCCN1C. The fourth-order valence-electron chi connectivity index (χ4n) is 1.79. The molecule has 0 atom stereocenters. The van der Waals surface area contributed by atoms with Gasteiger partial charge in [0.1, 0.15) is 17.2 Å². The van der Waals surface area contributed by atoms with Crippen LogP contribution in [0.4, 0.5) is 10.5 Å². The van der Waals surface area contributed by atoms with E-state index >= 15 is 0 Å². The van der Waals surface area contributed by atoms with E-state index in [0.717, 1.165) is 17.5 Å². The highest BCUT2D eigenvalue weighted by atomic mass is 32.2. The highest BCUT2D eigenvalue weighted by Gasteiger charge is 2.18. The van der Waals surface area contributed by atoms with Crippen molar-refractivity contribution in [3.63, 3.8) is 0 Å². The van der Waals surface area contributed by atoms with Crippen molar-refractivity contribution in [2.45, 2.75) is 0 Å². The number of rotatable bonds is 3. The summed E-state index contributed by atoms with van der Waals surface area (Å²) >= 11 is 1.56. The number of carbonyl (C=O) groups is 1. The van der Waals surface area contributed by atoms with Crippen LogP contribution in [-0.2, 0) is 0 Å². The summed E-state index contributed by atoms with van der Waals surface area (Å²) in [7, 11) is 4.99. The number of thioether (sulfide) groups is 1. The van der Waals surface area contributed by atoms with E-state index in [4.69, 9.17) is 9.47 Å². The molecule has 6 nitrogen and oxygen atoms in total. The molecule has 0 spiro atoms. The third-order valence-corrected chi connectivity index (χ3v) is 3.89. The summed E-state index contributed by atoms with van der Waals surface area (Å²) in [5, 5.41) is 3.43. The van der Waals surface area contributed by atoms with Gasteiger partial charge in [0.25, 0.3) is 0 Å². The van der Waals surface area contributed by atoms with E-state index in [9.17, 15) is 4.79 Å². The van der Waals surface area contributed by atoms with Crippen LogP contribution in [0.5, 0.6) is 11.5 Å². The normalized spacial score (nSPS) is 16.4. The van der Waals surface area contributed by atoms with Crippen LogP contribution in [0.2, 0.25) is 0 Å². The number of amides is 2. The molecule has 1 aromatic rings. The summed E-state index contributed by atoms with van der Waals surface area (Å²) in [6, 6.07) is 4.85. The Balaban J connectivity index is 2.19. The first-order valence-corrected chi connectivity index (χ1v) is 7.09. The maximum atomic E-state index is 12.0. The molecule has 1 aliphatic rings. The fourth-order valence-corrected chi connectivity index (χ4v) is 2.80. The lowest BCUT2D eigenvalue weighted by Gasteiger charge is -2.13. The number of carbonyl (C=O) groups excluding carboxylic acids is 1. The number of methoxy groups -OCH3 is 2. The number of urea groups is 1. The Morgan fingerprint density at radius 2 is 2.00 bits per heavy atom. The van der Waals surface area contributed by atoms with Gasteiger partial charge < -0.3 is 14.4 Å². The predicted molar refractivity (Wildman–Crippen MR) is 81.1 cm³/mol. The van der Waals surface area contributed by atoms with Crippen molar-refractivity contribution in [1.82, 2.24) is 4.90 Å². The third kappa shape index (κ3) is 3.16. The Morgan fingerprint density at radius 1 is 1.35 bits per heavy atom. The molecule has 0 aliphatic carbocycles. The molecule has 0 aromatic heterocycles. The van der Waals surface area contributed by atoms with Gasteiger partial charge in [0.2, 0.25) is 0 Å². The van der Waals surface area contributed by atoms with E-state index in [-0.39, 0.29) is 0 Å². The van der Waals surface area contributed by atoms with E-state index in [1.165, 1.54) is 14.2 Å². The average Bonchev–Trinajstić information content (AvgIpc) is 2.84. The van der Waals surface area contributed by atoms with Crippen LogP contribution in [0.15, 0.2) is 23.2 Å². The van der Waals surface area contributed by atoms with Crippen LogP contribution < -0.4 is 14.8 Å². The lowest BCUT2D eigenvalue weighted by atomic mass is 10.2. The molecule has 0 saturated carbocycles. The highest BCUT2D eigenvalue weighted by Crippen LogP contribution is 2.34. The summed E-state index contributed by atoms with van der Waals surface area (Å²) in [6.07, 6.45) is 0. The molecular weight excluding hydrogens is 278 g/mol. The quantitative estimate of drug-likeness (QED) is 0.927. The van der Waals surface area contributed by atoms with Crippen LogP contribution in [0.3, 0.4) is 0 Å². The molecule has 1 heterocycles. The van der Waals surface area contributed by atoms with Crippen molar-refractivity contribution in [1.29, 1.82) is 0 Å². The van der Waals surface area contributed by atoms with Crippen molar-refractivity contribution in [2.24, 2.45) is 4.99 Å². The number of hydrogen-bond donors (Lipinski definition) is 1. The zero-order chi connectivity index (χ0) is 14.5. The first-order chi connectivity index (χ1) is 9.65. The van der Waals surface area contributed by atoms with Crippen LogP contribution in [-0.4, -0.2) is 49.7 Å². The summed E-state index contributed by atoms with van der Waals surface area (Å²) in [5.74, 6) is 2.01. The van der Waals surface area contributed by atoms with E-state index in [2.05, 4.69) is 10.3 Å². The molecule has 1 saturated heterocycles. The molecule has 20 heavy (non-hydrogen) atoms. The van der Waals surface area contributed by atoms with Gasteiger partial charge in [-0.3, -0.25) is 5.32 Å². The summed E-state index contributed by atoms with van der Waals surface area (Å²) in [4.78, 5) is 18.0. The van der Waals surface area contributed by atoms with Crippen molar-refractivity contribution in [3.05, 3.63) is 18.2 Å². The lowest BCUT2D eigenvalue weighted by Crippen LogP contribution is -2.21. The third-order valence-electron chi connectivity index (χ3n) is 2.84. The van der Waals surface area contributed by atoms with Crippen LogP contribution in [0.1, 0.15) is 0 Å². The van der Waals surface area contributed by atoms with Crippen LogP contribution >= 0.6 is 11.8 Å². The van der Waals surface area contributed by atoms with Crippen LogP contribution in [0, 0.1) is 0 Å². The van der Waals surface area contributed by atoms with Gasteiger partial charge >= 0.3 is 6.03 Å². The predicted octanol–water partition coefficient (Wildman–Crippen LogP) is 2.27. The van der Waals surface area contributed by atoms with Gasteiger partial charge in [0, 0.05) is 19.3 Å². The number of hydrogen-bond acceptors (Lipinski definition) is 4. The van der Waals surface area contributed by atoms with Gasteiger partial charge in [-0.25, -0.2) is 4.79 Å². The van der Waals surface area contributed by atoms with Crippen molar-refractivity contribution < 1.29 is 14.3 Å². The minimum absolute atomic E-state index is 0.441. The Kier molecular flexibility index (Phi) is 4.73. The fraction of sp³-hybridized carbons (Fsp3) is 0.385. The largest absolute Gasteiger partial charge is 0.494 e. The van der Waals surface area contributed by atoms with E-state index < -0.39 is 6.03 Å². The van der Waals surface area contributed by atoms with Gasteiger partial charge in [-0.15, -0.1) is 0 Å². The van der Waals surface area contributed by atoms with Gasteiger partial charge in [-0.2, -0.15) is 4.99 Å². The number of para-hydroxylation sites is 1. The average molecular weight is 295 g/mol. The molecule has 1 N–H and O–H groups in total. The van der Waals surface area contributed by atoms with Crippen LogP contribution in [0.25, 0.3) is 0 Å². The summed E-state index contributed by atoms with van der Waals surface area (Å²) < 4.78 is 10.4. The second-order valence-electron chi connectivity index (χ2n) is 4.13. The van der Waals surface area contributed by atoms with Gasteiger partial charge in [0.15, 0.2) is 5.17 Å². The number of amidine groups is 1. The Morgan fingerprint density at radius 3 is 2.50 bits per heavy atom. The number of ether oxygens (including phenoxy) is 2.